The van der Waals surface area contributed by atoms with E-state index in [4.69, 9.17) is 15.2 Å². The predicted molar refractivity (Wildman–Crippen MR) is 92.0 cm³/mol. The zero-order valence-electron chi connectivity index (χ0n) is 13.7. The molecule has 132 valence electrons. The lowest BCUT2D eigenvalue weighted by Gasteiger charge is -2.36. The van der Waals surface area contributed by atoms with Crippen molar-refractivity contribution < 1.29 is 17.9 Å². The number of hydrogen-bond acceptors (Lipinski definition) is 5. The number of hydrogen-bond donors (Lipinski definition) is 1. The van der Waals surface area contributed by atoms with E-state index in [1.165, 1.54) is 24.6 Å². The minimum Gasteiger partial charge on any atom is -0.493 e. The smallest absolute Gasteiger partial charge is 0.243 e. The van der Waals surface area contributed by atoms with Crippen LogP contribution in [0.4, 0.5) is 0 Å². The summed E-state index contributed by atoms with van der Waals surface area (Å²) < 4.78 is 37.8. The molecule has 6 nitrogen and oxygen atoms in total. The Morgan fingerprint density at radius 1 is 1.22 bits per heavy atom. The lowest BCUT2D eigenvalue weighted by Crippen LogP contribution is -2.51. The first-order valence-corrected chi connectivity index (χ1v) is 8.85. The molecular formula is C15H25ClN2O4S. The molecule has 0 amide bonds. The number of methoxy groups -OCH3 is 2. The molecule has 0 spiro atoms. The van der Waals surface area contributed by atoms with E-state index in [1.54, 1.807) is 12.1 Å². The molecule has 0 aromatic heterocycles. The van der Waals surface area contributed by atoms with E-state index in [0.29, 0.717) is 18.0 Å². The summed E-state index contributed by atoms with van der Waals surface area (Å²) in [4.78, 5) is 0.206. The van der Waals surface area contributed by atoms with Crippen LogP contribution in [0.5, 0.6) is 11.5 Å². The first-order valence-electron chi connectivity index (χ1n) is 7.41. The van der Waals surface area contributed by atoms with Crippen LogP contribution in [0.3, 0.4) is 0 Å². The first-order chi connectivity index (χ1) is 10.4. The van der Waals surface area contributed by atoms with E-state index < -0.39 is 10.0 Å². The summed E-state index contributed by atoms with van der Waals surface area (Å²) in [5, 5.41) is 0. The Morgan fingerprint density at radius 3 is 2.43 bits per heavy atom. The monoisotopic (exact) mass is 364 g/mol. The minimum absolute atomic E-state index is 0. The summed E-state index contributed by atoms with van der Waals surface area (Å²) in [6.45, 7) is 2.36. The summed E-state index contributed by atoms with van der Waals surface area (Å²) >= 11 is 0. The van der Waals surface area contributed by atoms with E-state index in [2.05, 4.69) is 0 Å². The van der Waals surface area contributed by atoms with E-state index >= 15 is 0 Å². The van der Waals surface area contributed by atoms with Crippen LogP contribution in [-0.2, 0) is 10.0 Å². The maximum atomic E-state index is 12.9. The maximum absolute atomic E-state index is 12.9. The molecule has 0 bridgehead atoms. The third kappa shape index (κ3) is 4.09. The number of piperidine rings is 1. The van der Waals surface area contributed by atoms with Gasteiger partial charge in [0, 0.05) is 24.7 Å². The minimum atomic E-state index is -3.60. The van der Waals surface area contributed by atoms with Gasteiger partial charge in [0.15, 0.2) is 11.5 Å². The summed E-state index contributed by atoms with van der Waals surface area (Å²) in [6.07, 6.45) is 2.66. The van der Waals surface area contributed by atoms with Gasteiger partial charge in [0.05, 0.1) is 19.1 Å². The van der Waals surface area contributed by atoms with Gasteiger partial charge in [-0.15, -0.1) is 12.4 Å². The number of sulfonamides is 1. The molecule has 0 radical (unpaired) electrons. The number of halogens is 1. The molecule has 1 saturated heterocycles. The van der Waals surface area contributed by atoms with Crippen LogP contribution in [0.25, 0.3) is 0 Å². The molecule has 8 heteroatoms. The fraction of sp³-hybridized carbons (Fsp3) is 0.600. The quantitative estimate of drug-likeness (QED) is 0.864. The van der Waals surface area contributed by atoms with E-state index in [9.17, 15) is 8.42 Å². The number of nitrogens with zero attached hydrogens (tertiary/aromatic N) is 1. The highest BCUT2D eigenvalue weighted by atomic mass is 35.5. The van der Waals surface area contributed by atoms with Crippen molar-refractivity contribution in [1.82, 2.24) is 4.31 Å². The van der Waals surface area contributed by atoms with Gasteiger partial charge in [0.25, 0.3) is 0 Å². The second-order valence-corrected chi connectivity index (χ2v) is 7.45. The summed E-state index contributed by atoms with van der Waals surface area (Å²) in [7, 11) is -0.593. The molecule has 2 unspecified atom stereocenters. The summed E-state index contributed by atoms with van der Waals surface area (Å²) in [5.74, 6) is 0.904. The highest BCUT2D eigenvalue weighted by Gasteiger charge is 2.35. The van der Waals surface area contributed by atoms with Gasteiger partial charge >= 0.3 is 0 Å². The third-order valence-electron chi connectivity index (χ3n) is 4.07. The molecular weight excluding hydrogens is 340 g/mol. The van der Waals surface area contributed by atoms with Crippen LogP contribution in [0.15, 0.2) is 23.1 Å². The van der Waals surface area contributed by atoms with Gasteiger partial charge in [-0.25, -0.2) is 8.42 Å². The Balaban J connectivity index is 0.00000264. The standard InChI is InChI=1S/C15H24N2O4S.ClH/c1-11(16)13-6-4-5-9-17(13)22(18,19)12-7-8-14(20-2)15(10-12)21-3;/h7-8,10-11,13H,4-6,9,16H2,1-3H3;1H. The normalized spacial score (nSPS) is 20.4. The molecule has 23 heavy (non-hydrogen) atoms. The maximum Gasteiger partial charge on any atom is 0.243 e. The van der Waals surface area contributed by atoms with Crippen molar-refractivity contribution in [2.24, 2.45) is 5.73 Å². The van der Waals surface area contributed by atoms with E-state index in [-0.39, 0.29) is 29.4 Å². The fourth-order valence-corrected chi connectivity index (χ4v) is 4.66. The highest BCUT2D eigenvalue weighted by molar-refractivity contribution is 7.89. The molecule has 1 heterocycles. The molecule has 0 saturated carbocycles. The van der Waals surface area contributed by atoms with Gasteiger partial charge in [-0.2, -0.15) is 4.31 Å². The molecule has 0 aliphatic carbocycles. The Morgan fingerprint density at radius 2 is 1.87 bits per heavy atom. The lowest BCUT2D eigenvalue weighted by atomic mass is 10.00. The van der Waals surface area contributed by atoms with Crippen LogP contribution in [0.2, 0.25) is 0 Å². The first kappa shape index (κ1) is 20.0. The van der Waals surface area contributed by atoms with Gasteiger partial charge in [-0.3, -0.25) is 0 Å². The van der Waals surface area contributed by atoms with Gasteiger partial charge in [-0.05, 0) is 31.9 Å². The number of benzene rings is 1. The second-order valence-electron chi connectivity index (χ2n) is 5.55. The second kappa shape index (κ2) is 8.19. The third-order valence-corrected chi connectivity index (χ3v) is 5.99. The van der Waals surface area contributed by atoms with Crippen molar-refractivity contribution in [3.05, 3.63) is 18.2 Å². The van der Waals surface area contributed by atoms with Gasteiger partial charge in [-0.1, -0.05) is 6.42 Å². The lowest BCUT2D eigenvalue weighted by molar-refractivity contribution is 0.227. The van der Waals surface area contributed by atoms with Gasteiger partial charge in [0.2, 0.25) is 10.0 Å². The van der Waals surface area contributed by atoms with Crippen LogP contribution in [0, 0.1) is 0 Å². The Hall–Kier alpha value is -1.02. The van der Waals surface area contributed by atoms with Crippen molar-refractivity contribution in [3.8, 4) is 11.5 Å². The molecule has 2 atom stereocenters. The molecule has 1 aliphatic rings. The molecule has 1 aliphatic heterocycles. The van der Waals surface area contributed by atoms with Crippen molar-refractivity contribution in [1.29, 1.82) is 0 Å². The summed E-state index contributed by atoms with van der Waals surface area (Å²) in [5.41, 5.74) is 5.98. The zero-order chi connectivity index (χ0) is 16.3. The average Bonchev–Trinajstić information content (AvgIpc) is 2.54. The number of rotatable bonds is 5. The molecule has 1 fully saturated rings. The van der Waals surface area contributed by atoms with Crippen LogP contribution < -0.4 is 15.2 Å². The Labute approximate surface area is 144 Å². The topological polar surface area (TPSA) is 81.9 Å². The Kier molecular flexibility index (Phi) is 7.13. The van der Waals surface area contributed by atoms with Crippen LogP contribution in [0.1, 0.15) is 26.2 Å². The number of ether oxygens (including phenoxy) is 2. The van der Waals surface area contributed by atoms with Crippen molar-refractivity contribution in [2.75, 3.05) is 20.8 Å². The number of nitrogens with two attached hydrogens (primary N) is 1. The average molecular weight is 365 g/mol. The molecule has 2 N–H and O–H groups in total. The molecule has 1 aromatic rings. The van der Waals surface area contributed by atoms with Crippen LogP contribution in [-0.4, -0.2) is 45.6 Å². The fourth-order valence-electron chi connectivity index (χ4n) is 2.87. The van der Waals surface area contributed by atoms with Crippen LogP contribution >= 0.6 is 12.4 Å². The van der Waals surface area contributed by atoms with Crippen molar-refractivity contribution >= 4 is 22.4 Å². The largest absolute Gasteiger partial charge is 0.493 e. The zero-order valence-corrected chi connectivity index (χ0v) is 15.3. The Bertz CT molecular complexity index is 622. The summed E-state index contributed by atoms with van der Waals surface area (Å²) in [6, 6.07) is 4.29. The van der Waals surface area contributed by atoms with Crippen molar-refractivity contribution in [2.45, 2.75) is 43.2 Å². The predicted octanol–water partition coefficient (Wildman–Crippen LogP) is 2.02. The SMILES string of the molecule is COc1ccc(S(=O)(=O)N2CCCCC2C(C)N)cc1OC.Cl. The van der Waals surface area contributed by atoms with Crippen molar-refractivity contribution in [3.63, 3.8) is 0 Å². The van der Waals surface area contributed by atoms with E-state index in [1.807, 2.05) is 6.92 Å². The van der Waals surface area contributed by atoms with E-state index in [0.717, 1.165) is 19.3 Å². The molecule has 1 aromatic carbocycles. The van der Waals surface area contributed by atoms with Gasteiger partial charge in [0.1, 0.15) is 0 Å². The van der Waals surface area contributed by atoms with Gasteiger partial charge < -0.3 is 15.2 Å². The highest BCUT2D eigenvalue weighted by Crippen LogP contribution is 2.33. The molecule has 2 rings (SSSR count).